The Balaban J connectivity index is 1.93. The van der Waals surface area contributed by atoms with Crippen LogP contribution in [0.15, 0.2) is 36.5 Å². The molecule has 0 aliphatic rings. The van der Waals surface area contributed by atoms with Crippen molar-refractivity contribution in [2.45, 2.75) is 51.6 Å². The molecule has 1 aromatic heterocycles. The SMILES string of the molecule is CCC(CC)n1ccc(CC(N)Cc2ccc(F)cc2)n1. The largest absolute Gasteiger partial charge is 0.327 e. The molecule has 0 amide bonds. The highest BCUT2D eigenvalue weighted by Crippen LogP contribution is 2.15. The molecule has 0 radical (unpaired) electrons. The molecule has 2 aromatic rings. The molecule has 1 atom stereocenters. The minimum absolute atomic E-state index is 0.000476. The lowest BCUT2D eigenvalue weighted by molar-refractivity contribution is 0.424. The molecule has 3 nitrogen and oxygen atoms in total. The van der Waals surface area contributed by atoms with Crippen LogP contribution in [-0.2, 0) is 12.8 Å². The lowest BCUT2D eigenvalue weighted by Gasteiger charge is -2.13. The Morgan fingerprint density at radius 2 is 1.76 bits per heavy atom. The van der Waals surface area contributed by atoms with E-state index in [1.165, 1.54) is 12.1 Å². The molecule has 0 aliphatic heterocycles. The van der Waals surface area contributed by atoms with E-state index < -0.39 is 0 Å². The van der Waals surface area contributed by atoms with Gasteiger partial charge >= 0.3 is 0 Å². The van der Waals surface area contributed by atoms with E-state index in [9.17, 15) is 4.39 Å². The van der Waals surface area contributed by atoms with Crippen LogP contribution in [0.2, 0.25) is 0 Å². The topological polar surface area (TPSA) is 43.8 Å². The first-order chi connectivity index (χ1) is 10.1. The number of hydrogen-bond donors (Lipinski definition) is 1. The Labute approximate surface area is 126 Å². The van der Waals surface area contributed by atoms with Crippen LogP contribution >= 0.6 is 0 Å². The third-order valence-electron chi connectivity index (χ3n) is 3.86. The van der Waals surface area contributed by atoms with Gasteiger partial charge in [-0.1, -0.05) is 26.0 Å². The van der Waals surface area contributed by atoms with Crippen LogP contribution in [0.25, 0.3) is 0 Å². The second-order valence-corrected chi connectivity index (χ2v) is 5.55. The van der Waals surface area contributed by atoms with Crippen molar-refractivity contribution in [1.82, 2.24) is 9.78 Å². The Kier molecular flexibility index (Phi) is 5.51. The summed E-state index contributed by atoms with van der Waals surface area (Å²) in [5.74, 6) is -0.212. The van der Waals surface area contributed by atoms with E-state index in [2.05, 4.69) is 18.9 Å². The van der Waals surface area contributed by atoms with Gasteiger partial charge in [-0.2, -0.15) is 5.10 Å². The van der Waals surface area contributed by atoms with Gasteiger partial charge < -0.3 is 5.73 Å². The number of aromatic nitrogens is 2. The van der Waals surface area contributed by atoms with Crippen LogP contribution in [-0.4, -0.2) is 15.8 Å². The summed E-state index contributed by atoms with van der Waals surface area (Å²) in [5.41, 5.74) is 8.27. The standard InChI is InChI=1S/C17H24FN3/c1-3-17(4-2)21-10-9-16(20-21)12-15(19)11-13-5-7-14(18)8-6-13/h5-10,15,17H,3-4,11-12,19H2,1-2H3. The third kappa shape index (κ3) is 4.39. The maximum absolute atomic E-state index is 12.9. The monoisotopic (exact) mass is 289 g/mol. The lowest BCUT2D eigenvalue weighted by Crippen LogP contribution is -2.26. The maximum atomic E-state index is 12.9. The summed E-state index contributed by atoms with van der Waals surface area (Å²) in [7, 11) is 0. The summed E-state index contributed by atoms with van der Waals surface area (Å²) in [6, 6.07) is 9.04. The van der Waals surface area contributed by atoms with Gasteiger partial charge in [-0.25, -0.2) is 4.39 Å². The summed E-state index contributed by atoms with van der Waals surface area (Å²) >= 11 is 0. The number of rotatable bonds is 7. The van der Waals surface area contributed by atoms with Crippen molar-refractivity contribution in [3.63, 3.8) is 0 Å². The van der Waals surface area contributed by atoms with Gasteiger partial charge in [-0.3, -0.25) is 4.68 Å². The van der Waals surface area contributed by atoms with Crippen LogP contribution in [0.1, 0.15) is 44.0 Å². The van der Waals surface area contributed by atoms with E-state index in [1.807, 2.05) is 16.9 Å². The summed E-state index contributed by atoms with van der Waals surface area (Å²) in [6.45, 7) is 4.35. The van der Waals surface area contributed by atoms with E-state index in [0.29, 0.717) is 6.04 Å². The quantitative estimate of drug-likeness (QED) is 0.848. The van der Waals surface area contributed by atoms with Gasteiger partial charge in [0.05, 0.1) is 11.7 Å². The summed E-state index contributed by atoms with van der Waals surface area (Å²) in [4.78, 5) is 0. The molecular weight excluding hydrogens is 265 g/mol. The van der Waals surface area contributed by atoms with Gasteiger partial charge in [0.2, 0.25) is 0 Å². The van der Waals surface area contributed by atoms with Crippen LogP contribution in [0, 0.1) is 5.82 Å². The van der Waals surface area contributed by atoms with Gasteiger partial charge in [0, 0.05) is 18.7 Å². The van der Waals surface area contributed by atoms with Crippen molar-refractivity contribution in [3.8, 4) is 0 Å². The minimum Gasteiger partial charge on any atom is -0.327 e. The fourth-order valence-electron chi connectivity index (χ4n) is 2.62. The van der Waals surface area contributed by atoms with Crippen molar-refractivity contribution < 1.29 is 4.39 Å². The van der Waals surface area contributed by atoms with Crippen molar-refractivity contribution in [1.29, 1.82) is 0 Å². The fourth-order valence-corrected chi connectivity index (χ4v) is 2.62. The van der Waals surface area contributed by atoms with Crippen LogP contribution in [0.3, 0.4) is 0 Å². The van der Waals surface area contributed by atoms with E-state index in [-0.39, 0.29) is 11.9 Å². The molecule has 0 spiro atoms. The molecule has 21 heavy (non-hydrogen) atoms. The Morgan fingerprint density at radius 1 is 1.10 bits per heavy atom. The molecule has 2 rings (SSSR count). The van der Waals surface area contributed by atoms with E-state index >= 15 is 0 Å². The first-order valence-electron chi connectivity index (χ1n) is 7.66. The first kappa shape index (κ1) is 15.7. The van der Waals surface area contributed by atoms with Crippen LogP contribution < -0.4 is 5.73 Å². The number of nitrogens with two attached hydrogens (primary N) is 1. The highest BCUT2D eigenvalue weighted by molar-refractivity contribution is 5.17. The smallest absolute Gasteiger partial charge is 0.123 e. The minimum atomic E-state index is -0.212. The average Bonchev–Trinajstić information content (AvgIpc) is 2.91. The van der Waals surface area contributed by atoms with Gasteiger partial charge in [0.25, 0.3) is 0 Å². The third-order valence-corrected chi connectivity index (χ3v) is 3.86. The molecule has 0 aliphatic carbocycles. The van der Waals surface area contributed by atoms with Crippen molar-refractivity contribution in [2.24, 2.45) is 5.73 Å². The zero-order chi connectivity index (χ0) is 15.2. The number of hydrogen-bond acceptors (Lipinski definition) is 2. The van der Waals surface area contributed by atoms with E-state index in [1.54, 1.807) is 12.1 Å². The van der Waals surface area contributed by atoms with Crippen molar-refractivity contribution in [3.05, 3.63) is 53.6 Å². The molecule has 1 heterocycles. The van der Waals surface area contributed by atoms with Crippen LogP contribution in [0.4, 0.5) is 4.39 Å². The molecule has 2 N–H and O–H groups in total. The average molecular weight is 289 g/mol. The maximum Gasteiger partial charge on any atom is 0.123 e. The highest BCUT2D eigenvalue weighted by Gasteiger charge is 2.11. The molecule has 0 bridgehead atoms. The molecule has 1 aromatic carbocycles. The van der Waals surface area contributed by atoms with Gasteiger partial charge in [-0.05, 0) is 43.0 Å². The molecular formula is C17H24FN3. The Bertz CT molecular complexity index is 543. The van der Waals surface area contributed by atoms with Gasteiger partial charge in [0.1, 0.15) is 5.82 Å². The molecule has 0 saturated heterocycles. The number of nitrogens with zero attached hydrogens (tertiary/aromatic N) is 2. The highest BCUT2D eigenvalue weighted by atomic mass is 19.1. The van der Waals surface area contributed by atoms with Crippen molar-refractivity contribution >= 4 is 0 Å². The zero-order valence-electron chi connectivity index (χ0n) is 12.8. The fraction of sp³-hybridized carbons (Fsp3) is 0.471. The lowest BCUT2D eigenvalue weighted by atomic mass is 10.0. The summed E-state index contributed by atoms with van der Waals surface area (Å²) in [6.07, 6.45) is 5.68. The van der Waals surface area contributed by atoms with Crippen molar-refractivity contribution in [2.75, 3.05) is 0 Å². The second-order valence-electron chi connectivity index (χ2n) is 5.55. The van der Waals surface area contributed by atoms with Crippen LogP contribution in [0.5, 0.6) is 0 Å². The molecule has 0 fully saturated rings. The predicted molar refractivity (Wildman–Crippen MR) is 83.6 cm³/mol. The Morgan fingerprint density at radius 3 is 2.38 bits per heavy atom. The van der Waals surface area contributed by atoms with Gasteiger partial charge in [0.15, 0.2) is 0 Å². The molecule has 4 heteroatoms. The Hall–Kier alpha value is -1.68. The van der Waals surface area contributed by atoms with E-state index in [0.717, 1.165) is 36.9 Å². The molecule has 0 saturated carbocycles. The summed E-state index contributed by atoms with van der Waals surface area (Å²) in [5, 5.41) is 4.62. The first-order valence-corrected chi connectivity index (χ1v) is 7.66. The van der Waals surface area contributed by atoms with Gasteiger partial charge in [-0.15, -0.1) is 0 Å². The zero-order valence-corrected chi connectivity index (χ0v) is 12.8. The second kappa shape index (κ2) is 7.36. The number of benzene rings is 1. The van der Waals surface area contributed by atoms with E-state index in [4.69, 9.17) is 5.73 Å². The normalized spacial score (nSPS) is 12.8. The molecule has 114 valence electrons. The predicted octanol–water partition coefficient (Wildman–Crippen LogP) is 3.50. The molecule has 1 unspecified atom stereocenters. The number of halogens is 1. The summed E-state index contributed by atoms with van der Waals surface area (Å²) < 4.78 is 14.9.